The second kappa shape index (κ2) is 8.31. The molecule has 0 fully saturated rings. The molecular weight excluding hydrogens is 318 g/mol. The maximum atomic E-state index is 6.02. The monoisotopic (exact) mass is 333 g/mol. The molecule has 0 aliphatic carbocycles. The topological polar surface area (TPSA) is 75.3 Å². The van der Waals surface area contributed by atoms with Gasteiger partial charge in [0.15, 0.2) is 11.1 Å². The van der Waals surface area contributed by atoms with E-state index in [1.807, 2.05) is 30.3 Å². The summed E-state index contributed by atoms with van der Waals surface area (Å²) in [6, 6.07) is 13.4. The molecule has 1 aromatic heterocycles. The predicted octanol–water partition coefficient (Wildman–Crippen LogP) is 2.21. The van der Waals surface area contributed by atoms with Gasteiger partial charge in [-0.25, -0.2) is 4.99 Å². The average Bonchev–Trinajstić information content (AvgIpc) is 2.53. The summed E-state index contributed by atoms with van der Waals surface area (Å²) in [6.07, 6.45) is 1.68. The zero-order valence-electron chi connectivity index (χ0n) is 11.8. The fraction of sp³-hybridized carbons (Fsp3) is 0.133. The maximum Gasteiger partial charge on any atom is 0.195 e. The Labute approximate surface area is 139 Å². The molecule has 0 saturated heterocycles. The number of aromatic nitrogens is 1. The number of benzene rings is 1. The third-order valence-electron chi connectivity index (χ3n) is 2.77. The number of guanidine groups is 1. The molecule has 0 bridgehead atoms. The number of halogens is 1. The molecule has 0 amide bonds. The molecule has 114 valence electrons. The van der Waals surface area contributed by atoms with E-state index in [2.05, 4.69) is 20.6 Å². The highest BCUT2D eigenvalue weighted by atomic mass is 35.5. The Morgan fingerprint density at radius 3 is 2.73 bits per heavy atom. The van der Waals surface area contributed by atoms with Gasteiger partial charge in [-0.05, 0) is 29.9 Å². The number of aliphatic imine (C=N–C) groups is 1. The Morgan fingerprint density at radius 1 is 1.23 bits per heavy atom. The molecule has 22 heavy (non-hydrogen) atoms. The highest BCUT2D eigenvalue weighted by molar-refractivity contribution is 7.80. The van der Waals surface area contributed by atoms with E-state index in [4.69, 9.17) is 29.6 Å². The van der Waals surface area contributed by atoms with Crippen molar-refractivity contribution in [3.05, 3.63) is 64.9 Å². The molecule has 7 heteroatoms. The highest BCUT2D eigenvalue weighted by Gasteiger charge is 2.02. The van der Waals surface area contributed by atoms with Gasteiger partial charge in [0.25, 0.3) is 0 Å². The largest absolute Gasteiger partial charge is 0.370 e. The predicted molar refractivity (Wildman–Crippen MR) is 93.6 cm³/mol. The van der Waals surface area contributed by atoms with E-state index >= 15 is 0 Å². The van der Waals surface area contributed by atoms with Gasteiger partial charge in [-0.2, -0.15) is 0 Å². The molecule has 2 aromatic rings. The fourth-order valence-corrected chi connectivity index (χ4v) is 2.04. The molecule has 0 aliphatic rings. The summed E-state index contributed by atoms with van der Waals surface area (Å²) in [5.41, 5.74) is 7.58. The summed E-state index contributed by atoms with van der Waals surface area (Å²) < 4.78 is 0. The summed E-state index contributed by atoms with van der Waals surface area (Å²) in [6.45, 7) is 0.909. The SMILES string of the molecule is NC(=NCc1ccccc1)NC(=S)NCc1ncccc1Cl. The highest BCUT2D eigenvalue weighted by Crippen LogP contribution is 2.11. The first-order valence-corrected chi connectivity index (χ1v) is 7.42. The van der Waals surface area contributed by atoms with Crippen molar-refractivity contribution in [1.82, 2.24) is 15.6 Å². The van der Waals surface area contributed by atoms with Crippen LogP contribution in [0.1, 0.15) is 11.3 Å². The molecule has 2 rings (SSSR count). The van der Waals surface area contributed by atoms with Gasteiger partial charge in [0.1, 0.15) is 0 Å². The first-order valence-electron chi connectivity index (χ1n) is 6.63. The lowest BCUT2D eigenvalue weighted by Gasteiger charge is -2.10. The molecule has 1 aromatic carbocycles. The van der Waals surface area contributed by atoms with Gasteiger partial charge in [-0.1, -0.05) is 41.9 Å². The Bertz CT molecular complexity index is 660. The van der Waals surface area contributed by atoms with Crippen molar-refractivity contribution in [2.45, 2.75) is 13.1 Å². The van der Waals surface area contributed by atoms with Gasteiger partial charge >= 0.3 is 0 Å². The molecule has 4 N–H and O–H groups in total. The molecule has 0 aliphatic heterocycles. The third-order valence-corrected chi connectivity index (χ3v) is 3.36. The minimum atomic E-state index is 0.258. The number of hydrogen-bond acceptors (Lipinski definition) is 3. The summed E-state index contributed by atoms with van der Waals surface area (Å²) in [5.74, 6) is 0.258. The normalized spacial score (nSPS) is 11.0. The van der Waals surface area contributed by atoms with Crippen LogP contribution in [0.4, 0.5) is 0 Å². The second-order valence-corrected chi connectivity index (χ2v) is 5.24. The lowest BCUT2D eigenvalue weighted by atomic mass is 10.2. The number of nitrogens with one attached hydrogen (secondary N) is 2. The van der Waals surface area contributed by atoms with Crippen LogP contribution in [0.2, 0.25) is 5.02 Å². The van der Waals surface area contributed by atoms with Crippen LogP contribution >= 0.6 is 23.8 Å². The lowest BCUT2D eigenvalue weighted by molar-refractivity contribution is 0.865. The molecule has 0 radical (unpaired) electrons. The van der Waals surface area contributed by atoms with Gasteiger partial charge in [0.05, 0.1) is 23.8 Å². The first kappa shape index (κ1) is 16.2. The maximum absolute atomic E-state index is 6.02. The van der Waals surface area contributed by atoms with E-state index in [0.717, 1.165) is 5.56 Å². The van der Waals surface area contributed by atoms with Crippen molar-refractivity contribution in [3.63, 3.8) is 0 Å². The number of hydrogen-bond donors (Lipinski definition) is 3. The van der Waals surface area contributed by atoms with Gasteiger partial charge in [-0.15, -0.1) is 0 Å². The zero-order valence-corrected chi connectivity index (χ0v) is 13.4. The minimum Gasteiger partial charge on any atom is -0.370 e. The molecular formula is C15H16ClN5S. The number of thiocarbonyl (C=S) groups is 1. The molecule has 0 saturated carbocycles. The molecule has 1 heterocycles. The summed E-state index contributed by atoms with van der Waals surface area (Å²) >= 11 is 11.2. The number of nitrogens with zero attached hydrogens (tertiary/aromatic N) is 2. The van der Waals surface area contributed by atoms with E-state index in [-0.39, 0.29) is 5.96 Å². The molecule has 0 spiro atoms. The third kappa shape index (κ3) is 5.31. The Hall–Kier alpha value is -2.18. The smallest absolute Gasteiger partial charge is 0.195 e. The van der Waals surface area contributed by atoms with Crippen molar-refractivity contribution in [2.24, 2.45) is 10.7 Å². The summed E-state index contributed by atoms with van der Waals surface area (Å²) in [5, 5.41) is 6.76. The number of rotatable bonds is 4. The Balaban J connectivity index is 1.80. The quantitative estimate of drug-likeness (QED) is 0.454. The molecule has 5 nitrogen and oxygen atoms in total. The van der Waals surface area contributed by atoms with Crippen molar-refractivity contribution in [1.29, 1.82) is 0 Å². The van der Waals surface area contributed by atoms with Crippen LogP contribution in [-0.2, 0) is 13.1 Å². The summed E-state index contributed by atoms with van der Waals surface area (Å²) in [7, 11) is 0. The van der Waals surface area contributed by atoms with E-state index in [1.54, 1.807) is 18.3 Å². The first-order chi connectivity index (χ1) is 10.6. The van der Waals surface area contributed by atoms with E-state index in [9.17, 15) is 0 Å². The van der Waals surface area contributed by atoms with Crippen LogP contribution in [-0.4, -0.2) is 16.1 Å². The number of pyridine rings is 1. The van der Waals surface area contributed by atoms with E-state index in [0.29, 0.717) is 28.9 Å². The Kier molecular flexibility index (Phi) is 6.12. The van der Waals surface area contributed by atoms with Crippen LogP contribution in [0.25, 0.3) is 0 Å². The van der Waals surface area contributed by atoms with Crippen LogP contribution in [0.5, 0.6) is 0 Å². The lowest BCUT2D eigenvalue weighted by Crippen LogP contribution is -2.43. The van der Waals surface area contributed by atoms with Gasteiger partial charge < -0.3 is 16.4 Å². The van der Waals surface area contributed by atoms with Gasteiger partial charge in [0, 0.05) is 6.20 Å². The van der Waals surface area contributed by atoms with Gasteiger partial charge in [-0.3, -0.25) is 4.98 Å². The molecule has 0 unspecified atom stereocenters. The van der Waals surface area contributed by atoms with Crippen molar-refractivity contribution >= 4 is 34.9 Å². The Morgan fingerprint density at radius 2 is 2.00 bits per heavy atom. The molecule has 0 atom stereocenters. The van der Waals surface area contributed by atoms with Gasteiger partial charge in [0.2, 0.25) is 0 Å². The van der Waals surface area contributed by atoms with Crippen LogP contribution < -0.4 is 16.4 Å². The fourth-order valence-electron chi connectivity index (χ4n) is 1.67. The van der Waals surface area contributed by atoms with Crippen molar-refractivity contribution in [3.8, 4) is 0 Å². The zero-order chi connectivity index (χ0) is 15.8. The average molecular weight is 334 g/mol. The van der Waals surface area contributed by atoms with Crippen LogP contribution in [0.15, 0.2) is 53.7 Å². The standard InChI is InChI=1S/C15H16ClN5S/c16-12-7-4-8-18-13(12)10-20-15(22)21-14(17)19-9-11-5-2-1-3-6-11/h1-8H,9-10H2,(H4,17,19,20,21,22). The number of nitrogens with two attached hydrogens (primary N) is 1. The summed E-state index contributed by atoms with van der Waals surface area (Å²) in [4.78, 5) is 8.38. The van der Waals surface area contributed by atoms with E-state index < -0.39 is 0 Å². The van der Waals surface area contributed by atoms with E-state index in [1.165, 1.54) is 0 Å². The van der Waals surface area contributed by atoms with Crippen LogP contribution in [0.3, 0.4) is 0 Å². The van der Waals surface area contributed by atoms with Crippen LogP contribution in [0, 0.1) is 0 Å². The van der Waals surface area contributed by atoms with Crippen molar-refractivity contribution in [2.75, 3.05) is 0 Å². The van der Waals surface area contributed by atoms with Crippen molar-refractivity contribution < 1.29 is 0 Å². The second-order valence-electron chi connectivity index (χ2n) is 4.43. The minimum absolute atomic E-state index is 0.258.